The molecule has 1 heterocycles. The lowest BCUT2D eigenvalue weighted by atomic mass is 9.74. The highest BCUT2D eigenvalue weighted by Gasteiger charge is 2.50. The second kappa shape index (κ2) is 6.50. The van der Waals surface area contributed by atoms with Gasteiger partial charge in [-0.3, -0.25) is 14.5 Å². The van der Waals surface area contributed by atoms with Crippen molar-refractivity contribution in [3.05, 3.63) is 0 Å². The zero-order valence-electron chi connectivity index (χ0n) is 15.0. The highest BCUT2D eigenvalue weighted by molar-refractivity contribution is 6.04. The van der Waals surface area contributed by atoms with Gasteiger partial charge in [-0.15, -0.1) is 0 Å². The second-order valence-electron chi connectivity index (χ2n) is 8.33. The average Bonchev–Trinajstić information content (AvgIpc) is 2.61. The van der Waals surface area contributed by atoms with Crippen LogP contribution in [0.4, 0.5) is 0 Å². The SMILES string of the molecule is CCCCC(C)(C)C1CC(=O)N(C(C)(C)CC(C)C)C1=O. The van der Waals surface area contributed by atoms with Gasteiger partial charge in [0, 0.05) is 12.0 Å². The molecule has 1 saturated heterocycles. The van der Waals surface area contributed by atoms with Crippen LogP contribution in [0.2, 0.25) is 0 Å². The van der Waals surface area contributed by atoms with E-state index < -0.39 is 0 Å². The van der Waals surface area contributed by atoms with Crippen LogP contribution in [0.3, 0.4) is 0 Å². The number of carbonyl (C=O) groups excluding carboxylic acids is 2. The molecule has 0 aliphatic carbocycles. The van der Waals surface area contributed by atoms with Gasteiger partial charge in [-0.05, 0) is 38.0 Å². The van der Waals surface area contributed by atoms with E-state index in [1.54, 1.807) is 4.90 Å². The van der Waals surface area contributed by atoms with Crippen LogP contribution in [0.1, 0.15) is 80.6 Å². The first-order valence-electron chi connectivity index (χ1n) is 8.40. The molecule has 0 spiro atoms. The molecule has 0 bridgehead atoms. The number of nitrogens with zero attached hydrogens (tertiary/aromatic N) is 1. The van der Waals surface area contributed by atoms with Crippen molar-refractivity contribution in [1.29, 1.82) is 0 Å². The standard InChI is InChI=1S/C18H33NO2/c1-8-9-10-17(4,5)14-11-15(20)19(16(14)21)18(6,7)12-13(2)3/h13-14H,8-12H2,1-7H3. The van der Waals surface area contributed by atoms with E-state index >= 15 is 0 Å². The highest BCUT2D eigenvalue weighted by atomic mass is 16.2. The fourth-order valence-electron chi connectivity index (χ4n) is 3.78. The maximum atomic E-state index is 12.9. The lowest BCUT2D eigenvalue weighted by Gasteiger charge is -2.37. The van der Waals surface area contributed by atoms with Gasteiger partial charge in [0.1, 0.15) is 0 Å². The van der Waals surface area contributed by atoms with E-state index in [4.69, 9.17) is 0 Å². The van der Waals surface area contributed by atoms with E-state index in [1.165, 1.54) is 0 Å². The molecule has 21 heavy (non-hydrogen) atoms. The van der Waals surface area contributed by atoms with Crippen molar-refractivity contribution in [1.82, 2.24) is 4.90 Å². The Labute approximate surface area is 130 Å². The van der Waals surface area contributed by atoms with Gasteiger partial charge in [0.15, 0.2) is 0 Å². The van der Waals surface area contributed by atoms with E-state index in [0.717, 1.165) is 25.7 Å². The minimum atomic E-state index is -0.377. The van der Waals surface area contributed by atoms with Gasteiger partial charge in [-0.1, -0.05) is 47.5 Å². The number of hydrogen-bond acceptors (Lipinski definition) is 2. The third-order valence-corrected chi connectivity index (χ3v) is 4.78. The van der Waals surface area contributed by atoms with E-state index in [0.29, 0.717) is 12.3 Å². The maximum Gasteiger partial charge on any atom is 0.233 e. The fourth-order valence-corrected chi connectivity index (χ4v) is 3.78. The second-order valence-corrected chi connectivity index (χ2v) is 8.33. The van der Waals surface area contributed by atoms with Crippen LogP contribution in [0.5, 0.6) is 0 Å². The smallest absolute Gasteiger partial charge is 0.233 e. The number of likely N-dealkylation sites (tertiary alicyclic amines) is 1. The fraction of sp³-hybridized carbons (Fsp3) is 0.889. The van der Waals surface area contributed by atoms with Crippen LogP contribution in [0.15, 0.2) is 0 Å². The van der Waals surface area contributed by atoms with Crippen LogP contribution >= 0.6 is 0 Å². The predicted molar refractivity (Wildman–Crippen MR) is 86.8 cm³/mol. The van der Waals surface area contributed by atoms with Crippen molar-refractivity contribution in [3.8, 4) is 0 Å². The Morgan fingerprint density at radius 3 is 2.24 bits per heavy atom. The molecule has 1 atom stereocenters. The summed E-state index contributed by atoms with van der Waals surface area (Å²) in [6.45, 7) is 14.7. The molecule has 3 heteroatoms. The molecule has 1 aliphatic heterocycles. The molecule has 0 N–H and O–H groups in total. The van der Waals surface area contributed by atoms with E-state index in [9.17, 15) is 9.59 Å². The van der Waals surface area contributed by atoms with Gasteiger partial charge in [-0.2, -0.15) is 0 Å². The number of carbonyl (C=O) groups is 2. The molecule has 2 amide bonds. The zero-order chi connectivity index (χ0) is 16.4. The van der Waals surface area contributed by atoms with Gasteiger partial charge in [0.25, 0.3) is 0 Å². The molecular weight excluding hydrogens is 262 g/mol. The molecule has 1 unspecified atom stereocenters. The van der Waals surface area contributed by atoms with Crippen molar-refractivity contribution >= 4 is 11.8 Å². The molecular formula is C18H33NO2. The summed E-state index contributed by atoms with van der Waals surface area (Å²) >= 11 is 0. The number of rotatable bonds is 7. The number of unbranched alkanes of at least 4 members (excludes halogenated alkanes) is 1. The molecule has 1 aliphatic rings. The summed E-state index contributed by atoms with van der Waals surface area (Å²) in [6.07, 6.45) is 4.48. The first-order valence-corrected chi connectivity index (χ1v) is 8.40. The van der Waals surface area contributed by atoms with Gasteiger partial charge >= 0.3 is 0 Å². The summed E-state index contributed by atoms with van der Waals surface area (Å²) in [5.74, 6) is 0.378. The van der Waals surface area contributed by atoms with Crippen molar-refractivity contribution < 1.29 is 9.59 Å². The lowest BCUT2D eigenvalue weighted by molar-refractivity contribution is -0.147. The molecule has 0 saturated carbocycles. The molecule has 0 aromatic carbocycles. The first kappa shape index (κ1) is 18.2. The van der Waals surface area contributed by atoms with Gasteiger partial charge in [0.05, 0.1) is 5.92 Å². The highest BCUT2D eigenvalue weighted by Crippen LogP contribution is 2.42. The molecule has 0 aromatic rings. The van der Waals surface area contributed by atoms with Crippen LogP contribution in [-0.2, 0) is 9.59 Å². The minimum absolute atomic E-state index is 0.0141. The molecule has 0 radical (unpaired) electrons. The first-order chi connectivity index (χ1) is 9.53. The summed E-state index contributed by atoms with van der Waals surface area (Å²) in [5, 5.41) is 0. The Morgan fingerprint density at radius 2 is 1.76 bits per heavy atom. The monoisotopic (exact) mass is 295 g/mol. The minimum Gasteiger partial charge on any atom is -0.277 e. The third-order valence-electron chi connectivity index (χ3n) is 4.78. The van der Waals surface area contributed by atoms with Crippen molar-refractivity contribution in [3.63, 3.8) is 0 Å². The van der Waals surface area contributed by atoms with Gasteiger partial charge in [0.2, 0.25) is 11.8 Å². The quantitative estimate of drug-likeness (QED) is 0.653. The number of amides is 2. The molecule has 1 fully saturated rings. The Bertz CT molecular complexity index is 396. The zero-order valence-corrected chi connectivity index (χ0v) is 15.0. The molecule has 3 nitrogen and oxygen atoms in total. The Balaban J connectivity index is 2.93. The van der Waals surface area contributed by atoms with Crippen LogP contribution in [0, 0.1) is 17.3 Å². The normalized spacial score (nSPS) is 20.8. The Kier molecular flexibility index (Phi) is 5.63. The van der Waals surface area contributed by atoms with Gasteiger partial charge in [-0.25, -0.2) is 0 Å². The average molecular weight is 295 g/mol. The topological polar surface area (TPSA) is 37.4 Å². The van der Waals surface area contributed by atoms with Crippen LogP contribution in [0.25, 0.3) is 0 Å². The largest absolute Gasteiger partial charge is 0.277 e. The molecule has 0 aromatic heterocycles. The summed E-state index contributed by atoms with van der Waals surface area (Å²) in [5.41, 5.74) is -0.469. The number of imide groups is 1. The Hall–Kier alpha value is -0.860. The third kappa shape index (κ3) is 4.08. The Morgan fingerprint density at radius 1 is 1.19 bits per heavy atom. The van der Waals surface area contributed by atoms with Crippen LogP contribution < -0.4 is 0 Å². The van der Waals surface area contributed by atoms with Crippen LogP contribution in [-0.4, -0.2) is 22.3 Å². The van der Waals surface area contributed by atoms with E-state index in [2.05, 4.69) is 34.6 Å². The summed E-state index contributed by atoms with van der Waals surface area (Å²) in [4.78, 5) is 26.9. The maximum absolute atomic E-state index is 12.9. The van der Waals surface area contributed by atoms with E-state index in [1.807, 2.05) is 13.8 Å². The summed E-state index contributed by atoms with van der Waals surface area (Å²) < 4.78 is 0. The summed E-state index contributed by atoms with van der Waals surface area (Å²) in [7, 11) is 0. The predicted octanol–water partition coefficient (Wildman–Crippen LogP) is 4.40. The van der Waals surface area contributed by atoms with Crippen molar-refractivity contribution in [2.24, 2.45) is 17.3 Å². The van der Waals surface area contributed by atoms with Crippen molar-refractivity contribution in [2.75, 3.05) is 0 Å². The molecule has 1 rings (SSSR count). The van der Waals surface area contributed by atoms with Crippen molar-refractivity contribution in [2.45, 2.75) is 86.1 Å². The van der Waals surface area contributed by atoms with E-state index in [-0.39, 0.29) is 28.7 Å². The lowest BCUT2D eigenvalue weighted by Crippen LogP contribution is -2.49. The van der Waals surface area contributed by atoms with Gasteiger partial charge < -0.3 is 0 Å². The molecule has 122 valence electrons. The number of hydrogen-bond donors (Lipinski definition) is 0. The summed E-state index contributed by atoms with van der Waals surface area (Å²) in [6, 6.07) is 0.